The van der Waals surface area contributed by atoms with Crippen molar-refractivity contribution in [1.29, 1.82) is 0 Å². The highest BCUT2D eigenvalue weighted by Crippen LogP contribution is 2.45. The van der Waals surface area contributed by atoms with Gasteiger partial charge in [0.2, 0.25) is 0 Å². The molecule has 15 aromatic carbocycles. The molecule has 0 aliphatic carbocycles. The van der Waals surface area contributed by atoms with Crippen LogP contribution in [0.2, 0.25) is 0 Å². The Hall–Kier alpha value is -13.2. The summed E-state index contributed by atoms with van der Waals surface area (Å²) in [5, 5.41) is 10.8. The Morgan fingerprint density at radius 3 is 1.16 bits per heavy atom. The van der Waals surface area contributed by atoms with Gasteiger partial charge in [-0.25, -0.2) is 15.0 Å². The molecule has 5 heterocycles. The van der Waals surface area contributed by atoms with E-state index in [1.54, 1.807) is 0 Å². The maximum Gasteiger partial charge on any atom is 0.164 e. The number of nitrogens with zero attached hydrogens (tertiary/aromatic N) is 5. The minimum atomic E-state index is 0.532. The molecule has 20 rings (SSSR count). The molecular weight excluding hydrogens is 1200 g/mol. The lowest BCUT2D eigenvalue weighted by atomic mass is 9.93. The predicted octanol–water partition coefficient (Wildman–Crippen LogP) is 24.4. The minimum absolute atomic E-state index is 0.532. The van der Waals surface area contributed by atoms with Gasteiger partial charge in [0.25, 0.3) is 0 Å². The fraction of sp³-hybridized carbons (Fsp3) is 0. The van der Waals surface area contributed by atoms with E-state index in [-0.39, 0.29) is 0 Å². The third-order valence-electron chi connectivity index (χ3n) is 19.7. The lowest BCUT2D eigenvalue weighted by Gasteiger charge is -2.14. The van der Waals surface area contributed by atoms with Gasteiger partial charge in [0.05, 0.1) is 22.1 Å². The SMILES string of the molecule is c1ccc(-c2cc(-c3ccccc3)cc(-c3cccc(-n4c5ccccc5c5cc(-c6ccc7oc8cccc(-c9nc(-c%10ccc%11ccccc%11c%10)nc(-c%10cccc%11oc%12ccc(-c%13ccc%14c(c%13)c%13ccccc%13n%14-c%13ccccc%13)cc%12c%10%11)n9)c8c7c6)ccc54)c3)c2)cc1. The third kappa shape index (κ3) is 9.09. The number of rotatable bonds is 10. The fourth-order valence-electron chi connectivity index (χ4n) is 15.1. The molecule has 0 N–H and O–H groups in total. The monoisotopic (exact) mass is 1250 g/mol. The summed E-state index contributed by atoms with van der Waals surface area (Å²) in [5.74, 6) is 1.62. The summed E-state index contributed by atoms with van der Waals surface area (Å²) in [4.78, 5) is 16.4. The van der Waals surface area contributed by atoms with Crippen molar-refractivity contribution in [2.45, 2.75) is 0 Å². The molecular formula is C91H55N5O2. The summed E-state index contributed by atoms with van der Waals surface area (Å²) in [6, 6.07) is 119. The first kappa shape index (κ1) is 55.2. The second kappa shape index (κ2) is 22.2. The zero-order valence-electron chi connectivity index (χ0n) is 52.8. The highest BCUT2D eigenvalue weighted by atomic mass is 16.3. The normalized spacial score (nSPS) is 11.9. The van der Waals surface area contributed by atoms with Crippen LogP contribution in [-0.2, 0) is 0 Å². The summed E-state index contributed by atoms with van der Waals surface area (Å²) in [6.07, 6.45) is 0. The third-order valence-corrected chi connectivity index (χ3v) is 19.7. The summed E-state index contributed by atoms with van der Waals surface area (Å²) in [6.45, 7) is 0. The number of fused-ring (bicyclic) bond motifs is 13. The summed E-state index contributed by atoms with van der Waals surface area (Å²) >= 11 is 0. The van der Waals surface area contributed by atoms with Crippen LogP contribution in [0, 0.1) is 0 Å². The van der Waals surface area contributed by atoms with E-state index in [2.05, 4.69) is 319 Å². The van der Waals surface area contributed by atoms with Crippen molar-refractivity contribution in [1.82, 2.24) is 24.1 Å². The van der Waals surface area contributed by atoms with Crippen LogP contribution in [-0.4, -0.2) is 24.1 Å². The topological polar surface area (TPSA) is 74.8 Å². The summed E-state index contributed by atoms with van der Waals surface area (Å²) < 4.78 is 18.3. The second-order valence-corrected chi connectivity index (χ2v) is 25.4. The lowest BCUT2D eigenvalue weighted by Crippen LogP contribution is -2.00. The van der Waals surface area contributed by atoms with Crippen molar-refractivity contribution in [3.63, 3.8) is 0 Å². The molecule has 0 aliphatic heterocycles. The van der Waals surface area contributed by atoms with Crippen LogP contribution in [0.15, 0.2) is 342 Å². The van der Waals surface area contributed by atoms with E-state index in [0.29, 0.717) is 17.5 Å². The van der Waals surface area contributed by atoms with Crippen molar-refractivity contribution in [2.75, 3.05) is 0 Å². The van der Waals surface area contributed by atoms with Gasteiger partial charge in [-0.1, -0.05) is 212 Å². The van der Waals surface area contributed by atoms with Gasteiger partial charge < -0.3 is 18.0 Å². The molecule has 456 valence electrons. The van der Waals surface area contributed by atoms with E-state index in [1.165, 1.54) is 49.3 Å². The summed E-state index contributed by atoms with van der Waals surface area (Å²) in [5.41, 5.74) is 23.8. The molecule has 0 atom stereocenters. The molecule has 0 aliphatic rings. The zero-order valence-corrected chi connectivity index (χ0v) is 52.8. The molecule has 5 aromatic heterocycles. The standard InChI is InChI=1S/C91H55N5O2/c1-4-19-56(20-5-1)66-48-67(57-21-6-2-7-22-57)50-68(49-66)60-25-16-28-70(51-60)96-80-34-15-13-30-72(80)76-53-62(40-44-82(76)96)64-42-46-84-78(55-64)88-74(32-18-36-86(88)98-84)91-93-89(65-38-37-58-23-10-11-24-59(58)47-65)92-90(94-91)73-31-17-35-85-87(73)77-54-63(41-45-83(77)97-85)61-39-43-81-75(52-61)71-29-12-14-33-79(71)95(81)69-26-8-3-9-27-69/h1-55H. The van der Waals surface area contributed by atoms with E-state index in [4.69, 9.17) is 23.8 Å². The lowest BCUT2D eigenvalue weighted by molar-refractivity contribution is 0.668. The zero-order chi connectivity index (χ0) is 64.4. The smallest absolute Gasteiger partial charge is 0.164 e. The van der Waals surface area contributed by atoms with Gasteiger partial charge in [-0.15, -0.1) is 0 Å². The molecule has 7 heteroatoms. The maximum atomic E-state index is 6.78. The number of hydrogen-bond acceptors (Lipinski definition) is 5. The van der Waals surface area contributed by atoms with Crippen molar-refractivity contribution in [2.24, 2.45) is 0 Å². The molecule has 20 aromatic rings. The van der Waals surface area contributed by atoms with E-state index in [9.17, 15) is 0 Å². The van der Waals surface area contributed by atoms with Gasteiger partial charge in [-0.05, 0) is 188 Å². The Bertz CT molecular complexity index is 6560. The van der Waals surface area contributed by atoms with E-state index in [0.717, 1.165) is 133 Å². The Balaban J connectivity index is 0.711. The van der Waals surface area contributed by atoms with Crippen molar-refractivity contribution in [3.8, 4) is 101 Å². The predicted molar refractivity (Wildman–Crippen MR) is 404 cm³/mol. The first-order valence-electron chi connectivity index (χ1n) is 33.2. The van der Waals surface area contributed by atoms with Crippen molar-refractivity contribution in [3.05, 3.63) is 334 Å². The minimum Gasteiger partial charge on any atom is -0.456 e. The van der Waals surface area contributed by atoms with Crippen molar-refractivity contribution >= 4 is 98.3 Å². The van der Waals surface area contributed by atoms with Crippen molar-refractivity contribution < 1.29 is 8.83 Å². The van der Waals surface area contributed by atoms with E-state index < -0.39 is 0 Å². The van der Waals surface area contributed by atoms with Gasteiger partial charge in [0, 0.05) is 71.2 Å². The van der Waals surface area contributed by atoms with Gasteiger partial charge in [0.1, 0.15) is 22.3 Å². The highest BCUT2D eigenvalue weighted by molar-refractivity contribution is 6.16. The van der Waals surface area contributed by atoms with Crippen LogP contribution in [0.5, 0.6) is 0 Å². The van der Waals surface area contributed by atoms with Gasteiger partial charge in [-0.3, -0.25) is 0 Å². The molecule has 98 heavy (non-hydrogen) atoms. The number of benzene rings is 15. The molecule has 0 spiro atoms. The Morgan fingerprint density at radius 2 is 0.602 bits per heavy atom. The Kier molecular flexibility index (Phi) is 12.5. The fourth-order valence-corrected chi connectivity index (χ4v) is 15.1. The Morgan fingerprint density at radius 1 is 0.204 bits per heavy atom. The number of hydrogen-bond donors (Lipinski definition) is 0. The van der Waals surface area contributed by atoms with Crippen LogP contribution < -0.4 is 0 Å². The number of furan rings is 2. The van der Waals surface area contributed by atoms with Crippen LogP contribution >= 0.6 is 0 Å². The first-order valence-corrected chi connectivity index (χ1v) is 33.2. The van der Waals surface area contributed by atoms with Gasteiger partial charge in [-0.2, -0.15) is 0 Å². The van der Waals surface area contributed by atoms with Crippen LogP contribution in [0.1, 0.15) is 0 Å². The van der Waals surface area contributed by atoms with Crippen LogP contribution in [0.3, 0.4) is 0 Å². The second-order valence-electron chi connectivity index (χ2n) is 25.4. The molecule has 0 fully saturated rings. The average molecular weight is 1250 g/mol. The maximum absolute atomic E-state index is 6.78. The molecule has 0 amide bonds. The number of para-hydroxylation sites is 3. The molecule has 0 bridgehead atoms. The van der Waals surface area contributed by atoms with Gasteiger partial charge >= 0.3 is 0 Å². The Labute approximate surface area is 562 Å². The first-order chi connectivity index (χ1) is 48.5. The number of aromatic nitrogens is 5. The van der Waals surface area contributed by atoms with E-state index in [1.807, 2.05) is 24.3 Å². The molecule has 0 saturated carbocycles. The largest absolute Gasteiger partial charge is 0.456 e. The van der Waals surface area contributed by atoms with Crippen LogP contribution in [0.25, 0.3) is 199 Å². The quantitative estimate of drug-likeness (QED) is 0.136. The molecule has 0 radical (unpaired) electrons. The van der Waals surface area contributed by atoms with E-state index >= 15 is 0 Å². The molecule has 0 unspecified atom stereocenters. The van der Waals surface area contributed by atoms with Crippen LogP contribution in [0.4, 0.5) is 0 Å². The average Bonchev–Trinajstić information content (AvgIpc) is 1.56. The molecule has 0 saturated heterocycles. The highest BCUT2D eigenvalue weighted by Gasteiger charge is 2.24. The molecule has 7 nitrogen and oxygen atoms in total. The van der Waals surface area contributed by atoms with Gasteiger partial charge in [0.15, 0.2) is 17.5 Å². The summed E-state index contributed by atoms with van der Waals surface area (Å²) in [7, 11) is 0.